The van der Waals surface area contributed by atoms with Crippen LogP contribution in [-0.2, 0) is 4.79 Å². The molecule has 1 saturated carbocycles. The van der Waals surface area contributed by atoms with Crippen LogP contribution < -0.4 is 14.8 Å². The number of alkyl halides is 2. The molecule has 0 radical (unpaired) electrons. The fraction of sp³-hybridized carbons (Fsp3) is 0.385. The van der Waals surface area contributed by atoms with Crippen molar-refractivity contribution >= 4 is 11.6 Å². The zero-order valence-corrected chi connectivity index (χ0v) is 10.3. The molecule has 1 aliphatic heterocycles. The minimum absolute atomic E-state index is 0.0911. The summed E-state index contributed by atoms with van der Waals surface area (Å²) in [6.07, 6.45) is -1.84. The average Bonchev–Trinajstić information content (AvgIpc) is 2.61. The van der Waals surface area contributed by atoms with Gasteiger partial charge < -0.3 is 14.8 Å². The summed E-state index contributed by atoms with van der Waals surface area (Å²) in [6.45, 7) is 0. The van der Waals surface area contributed by atoms with Crippen LogP contribution in [0.2, 0.25) is 0 Å². The number of carbonyl (C=O) groups is 1. The van der Waals surface area contributed by atoms with Crippen LogP contribution in [0.1, 0.15) is 19.3 Å². The number of nitriles is 1. The van der Waals surface area contributed by atoms with E-state index in [2.05, 4.69) is 14.8 Å². The molecule has 0 atom stereocenters. The van der Waals surface area contributed by atoms with Crippen LogP contribution in [0, 0.1) is 16.7 Å². The zero-order valence-electron chi connectivity index (χ0n) is 10.3. The second-order valence-electron chi connectivity index (χ2n) is 4.83. The van der Waals surface area contributed by atoms with Crippen molar-refractivity contribution in [3.8, 4) is 17.6 Å². The first-order valence-electron chi connectivity index (χ1n) is 6.07. The Morgan fingerprint density at radius 1 is 1.30 bits per heavy atom. The summed E-state index contributed by atoms with van der Waals surface area (Å²) in [4.78, 5) is 12.0. The zero-order chi connectivity index (χ0) is 14.4. The Hall–Kier alpha value is -2.36. The van der Waals surface area contributed by atoms with E-state index in [9.17, 15) is 13.6 Å². The van der Waals surface area contributed by atoms with Gasteiger partial charge in [-0.05, 0) is 31.4 Å². The molecule has 1 amide bonds. The highest BCUT2D eigenvalue weighted by molar-refractivity contribution is 5.98. The summed E-state index contributed by atoms with van der Waals surface area (Å²) < 4.78 is 34.3. The third kappa shape index (κ3) is 1.93. The van der Waals surface area contributed by atoms with Gasteiger partial charge in [0.15, 0.2) is 11.5 Å². The van der Waals surface area contributed by atoms with Gasteiger partial charge in [0.05, 0.1) is 6.07 Å². The second kappa shape index (κ2) is 4.07. The Kier molecular flexibility index (Phi) is 2.57. The van der Waals surface area contributed by atoms with Crippen molar-refractivity contribution in [2.75, 3.05) is 5.32 Å². The van der Waals surface area contributed by atoms with Gasteiger partial charge in [0, 0.05) is 11.8 Å². The number of hydrogen-bond donors (Lipinski definition) is 1. The molecule has 0 bridgehead atoms. The molecule has 0 saturated heterocycles. The molecule has 7 heteroatoms. The molecule has 1 N–H and O–H groups in total. The average molecular weight is 280 g/mol. The van der Waals surface area contributed by atoms with E-state index in [0.29, 0.717) is 12.8 Å². The van der Waals surface area contributed by atoms with Crippen LogP contribution in [0.4, 0.5) is 14.5 Å². The number of hydrogen-bond acceptors (Lipinski definition) is 4. The van der Waals surface area contributed by atoms with Crippen molar-refractivity contribution in [1.29, 1.82) is 5.26 Å². The van der Waals surface area contributed by atoms with Crippen molar-refractivity contribution in [2.24, 2.45) is 5.41 Å². The summed E-state index contributed by atoms with van der Waals surface area (Å²) in [5, 5.41) is 11.6. The molecule has 104 valence electrons. The molecule has 1 aliphatic carbocycles. The number of halogens is 2. The molecule has 0 unspecified atom stereocenters. The minimum Gasteiger partial charge on any atom is -0.395 e. The molecule has 5 nitrogen and oxygen atoms in total. The Bertz CT molecular complexity index is 621. The summed E-state index contributed by atoms with van der Waals surface area (Å²) in [5.74, 6) is -0.657. The van der Waals surface area contributed by atoms with Crippen LogP contribution in [0.15, 0.2) is 18.2 Å². The lowest BCUT2D eigenvalue weighted by Gasteiger charge is -2.33. The summed E-state index contributed by atoms with van der Waals surface area (Å²) in [6, 6.07) is 5.97. The Balaban J connectivity index is 1.77. The van der Waals surface area contributed by atoms with Crippen molar-refractivity contribution in [3.63, 3.8) is 0 Å². The van der Waals surface area contributed by atoms with Crippen LogP contribution >= 0.6 is 0 Å². The van der Waals surface area contributed by atoms with E-state index in [4.69, 9.17) is 5.26 Å². The standard InChI is InChI=1S/C13H10F2N2O3/c14-13(15)19-9-3-2-8(6-10(9)20-13)17-11(18)12(7-16)4-1-5-12/h2-3,6H,1,4-5H2,(H,17,18). The van der Waals surface area contributed by atoms with Crippen molar-refractivity contribution < 1.29 is 23.0 Å². The van der Waals surface area contributed by atoms with Crippen LogP contribution in [0.25, 0.3) is 0 Å². The molecule has 2 aliphatic rings. The number of benzene rings is 1. The Labute approximate surface area is 113 Å². The topological polar surface area (TPSA) is 71.4 Å². The van der Waals surface area contributed by atoms with E-state index in [1.54, 1.807) is 0 Å². The smallest absolute Gasteiger partial charge is 0.395 e. The van der Waals surface area contributed by atoms with Crippen LogP contribution in [0.3, 0.4) is 0 Å². The quantitative estimate of drug-likeness (QED) is 0.904. The first-order valence-corrected chi connectivity index (χ1v) is 6.07. The first-order chi connectivity index (χ1) is 9.44. The molecule has 20 heavy (non-hydrogen) atoms. The third-order valence-corrected chi connectivity index (χ3v) is 3.51. The molecular weight excluding hydrogens is 270 g/mol. The van der Waals surface area contributed by atoms with E-state index < -0.39 is 17.6 Å². The number of carbonyl (C=O) groups excluding carboxylic acids is 1. The van der Waals surface area contributed by atoms with Crippen molar-refractivity contribution in [1.82, 2.24) is 0 Å². The van der Waals surface area contributed by atoms with E-state index in [0.717, 1.165) is 6.42 Å². The van der Waals surface area contributed by atoms with Gasteiger partial charge in [-0.3, -0.25) is 4.79 Å². The highest BCUT2D eigenvalue weighted by atomic mass is 19.3. The van der Waals surface area contributed by atoms with E-state index in [1.165, 1.54) is 18.2 Å². The Morgan fingerprint density at radius 2 is 2.00 bits per heavy atom. The predicted octanol–water partition coefficient (Wildman–Crippen LogP) is 2.64. The number of amides is 1. The molecule has 0 aromatic heterocycles. The molecular formula is C13H10F2N2O3. The van der Waals surface area contributed by atoms with Crippen LogP contribution in [-0.4, -0.2) is 12.2 Å². The van der Waals surface area contributed by atoms with Gasteiger partial charge in [0.2, 0.25) is 5.91 Å². The monoisotopic (exact) mass is 280 g/mol. The highest BCUT2D eigenvalue weighted by Gasteiger charge is 2.45. The molecule has 3 rings (SSSR count). The number of fused-ring (bicyclic) bond motifs is 1. The summed E-state index contributed by atoms with van der Waals surface area (Å²) in [5.41, 5.74) is -0.711. The third-order valence-electron chi connectivity index (χ3n) is 3.51. The van der Waals surface area contributed by atoms with Crippen molar-refractivity contribution in [2.45, 2.75) is 25.6 Å². The minimum atomic E-state index is -3.69. The number of ether oxygens (including phenoxy) is 2. The lowest BCUT2D eigenvalue weighted by molar-refractivity contribution is -0.286. The van der Waals surface area contributed by atoms with Gasteiger partial charge in [-0.25, -0.2) is 0 Å². The lowest BCUT2D eigenvalue weighted by atomic mass is 9.69. The number of anilines is 1. The van der Waals surface area contributed by atoms with Gasteiger partial charge in [-0.1, -0.05) is 0 Å². The summed E-state index contributed by atoms with van der Waals surface area (Å²) >= 11 is 0. The summed E-state index contributed by atoms with van der Waals surface area (Å²) in [7, 11) is 0. The van der Waals surface area contributed by atoms with Gasteiger partial charge in [-0.15, -0.1) is 8.78 Å². The van der Waals surface area contributed by atoms with E-state index >= 15 is 0 Å². The normalized spacial score (nSPS) is 20.6. The highest BCUT2D eigenvalue weighted by Crippen LogP contribution is 2.44. The maximum Gasteiger partial charge on any atom is 0.586 e. The van der Waals surface area contributed by atoms with Gasteiger partial charge >= 0.3 is 6.29 Å². The fourth-order valence-electron chi connectivity index (χ4n) is 2.20. The van der Waals surface area contributed by atoms with E-state index in [-0.39, 0.29) is 17.2 Å². The van der Waals surface area contributed by atoms with E-state index in [1.807, 2.05) is 6.07 Å². The largest absolute Gasteiger partial charge is 0.586 e. The molecule has 1 aromatic rings. The molecule has 1 aromatic carbocycles. The maximum atomic E-state index is 12.9. The number of nitrogens with one attached hydrogen (secondary N) is 1. The molecule has 0 spiro atoms. The van der Waals surface area contributed by atoms with Gasteiger partial charge in [0.25, 0.3) is 0 Å². The second-order valence-corrected chi connectivity index (χ2v) is 4.83. The fourth-order valence-corrected chi connectivity index (χ4v) is 2.20. The van der Waals surface area contributed by atoms with Crippen molar-refractivity contribution in [3.05, 3.63) is 18.2 Å². The number of rotatable bonds is 2. The molecule has 1 fully saturated rings. The van der Waals surface area contributed by atoms with Crippen LogP contribution in [0.5, 0.6) is 11.5 Å². The SMILES string of the molecule is N#CC1(C(=O)Nc2ccc3c(c2)OC(F)(F)O3)CCC1. The lowest BCUT2D eigenvalue weighted by Crippen LogP contribution is -2.40. The predicted molar refractivity (Wildman–Crippen MR) is 63.2 cm³/mol. The molecule has 1 heterocycles. The van der Waals surface area contributed by atoms with Gasteiger partial charge in [0.1, 0.15) is 5.41 Å². The Morgan fingerprint density at radius 3 is 2.60 bits per heavy atom. The first kappa shape index (κ1) is 12.7. The maximum absolute atomic E-state index is 12.9. The van der Waals surface area contributed by atoms with Gasteiger partial charge in [-0.2, -0.15) is 5.26 Å². The number of nitrogens with zero attached hydrogens (tertiary/aromatic N) is 1.